The number of nitrogens with zero attached hydrogens (tertiary/aromatic N) is 3. The standard InChI is InChI=1S/C12H9ClN4O2S/c1-7(10-2-3-11(13)20-10)16-12-9(17(18)19)4-8(5-14)6-15-12/h2-4,6-7H,1H3,(H,15,16). The third-order valence-corrected chi connectivity index (χ3v) is 3.98. The topological polar surface area (TPSA) is 91.8 Å². The highest BCUT2D eigenvalue weighted by Gasteiger charge is 2.19. The molecule has 0 saturated heterocycles. The molecule has 1 unspecified atom stereocenters. The molecule has 2 rings (SSSR count). The highest BCUT2D eigenvalue weighted by Crippen LogP contribution is 2.31. The molecule has 0 amide bonds. The molecule has 0 aliphatic carbocycles. The Balaban J connectivity index is 2.29. The van der Waals surface area contributed by atoms with E-state index in [1.54, 1.807) is 6.07 Å². The van der Waals surface area contributed by atoms with Crippen LogP contribution >= 0.6 is 22.9 Å². The lowest BCUT2D eigenvalue weighted by atomic mass is 10.2. The van der Waals surface area contributed by atoms with Crippen LogP contribution < -0.4 is 5.32 Å². The van der Waals surface area contributed by atoms with Crippen molar-refractivity contribution in [3.05, 3.63) is 49.3 Å². The Labute approximate surface area is 123 Å². The van der Waals surface area contributed by atoms with E-state index in [9.17, 15) is 10.1 Å². The van der Waals surface area contributed by atoms with Crippen molar-refractivity contribution in [2.45, 2.75) is 13.0 Å². The van der Waals surface area contributed by atoms with E-state index in [1.165, 1.54) is 23.6 Å². The summed E-state index contributed by atoms with van der Waals surface area (Å²) in [4.78, 5) is 15.3. The van der Waals surface area contributed by atoms with Crippen LogP contribution in [0.1, 0.15) is 23.4 Å². The summed E-state index contributed by atoms with van der Waals surface area (Å²) in [6.45, 7) is 1.85. The maximum absolute atomic E-state index is 11.0. The summed E-state index contributed by atoms with van der Waals surface area (Å²) >= 11 is 7.25. The summed E-state index contributed by atoms with van der Waals surface area (Å²) in [7, 11) is 0. The number of thiophene rings is 1. The molecule has 0 aliphatic rings. The average Bonchev–Trinajstić information content (AvgIpc) is 2.85. The third kappa shape index (κ3) is 3.04. The van der Waals surface area contributed by atoms with Gasteiger partial charge in [0, 0.05) is 17.1 Å². The maximum atomic E-state index is 11.0. The fraction of sp³-hybridized carbons (Fsp3) is 0.167. The average molecular weight is 309 g/mol. The summed E-state index contributed by atoms with van der Waals surface area (Å²) in [5.74, 6) is 0.131. The summed E-state index contributed by atoms with van der Waals surface area (Å²) in [6, 6.07) is 6.46. The molecule has 0 bridgehead atoms. The van der Waals surface area contributed by atoms with Crippen LogP contribution in [0.2, 0.25) is 4.34 Å². The fourth-order valence-electron chi connectivity index (χ4n) is 1.60. The van der Waals surface area contributed by atoms with Gasteiger partial charge in [-0.25, -0.2) is 4.98 Å². The number of nitriles is 1. The van der Waals surface area contributed by atoms with E-state index in [0.717, 1.165) is 4.88 Å². The number of hydrogen-bond donors (Lipinski definition) is 1. The van der Waals surface area contributed by atoms with Crippen LogP contribution in [0.25, 0.3) is 0 Å². The summed E-state index contributed by atoms with van der Waals surface area (Å²) < 4.78 is 0.649. The van der Waals surface area contributed by atoms with Gasteiger partial charge in [0.25, 0.3) is 0 Å². The van der Waals surface area contributed by atoms with E-state index in [1.807, 2.05) is 19.1 Å². The molecule has 0 radical (unpaired) electrons. The van der Waals surface area contributed by atoms with E-state index in [-0.39, 0.29) is 23.1 Å². The van der Waals surface area contributed by atoms with Crippen LogP contribution in [-0.2, 0) is 0 Å². The molecular weight excluding hydrogens is 300 g/mol. The predicted molar refractivity (Wildman–Crippen MR) is 77.0 cm³/mol. The second-order valence-electron chi connectivity index (χ2n) is 3.97. The van der Waals surface area contributed by atoms with Gasteiger partial charge >= 0.3 is 5.69 Å². The number of nitrogens with one attached hydrogen (secondary N) is 1. The van der Waals surface area contributed by atoms with Crippen LogP contribution in [0.5, 0.6) is 0 Å². The summed E-state index contributed by atoms with van der Waals surface area (Å²) in [5, 5.41) is 22.7. The van der Waals surface area contributed by atoms with E-state index in [0.29, 0.717) is 4.34 Å². The molecule has 0 fully saturated rings. The molecule has 0 aromatic carbocycles. The SMILES string of the molecule is CC(Nc1ncc(C#N)cc1[N+](=O)[O-])c1ccc(Cl)s1. The smallest absolute Gasteiger partial charge is 0.312 e. The number of pyridine rings is 1. The fourth-order valence-corrected chi connectivity index (χ4v) is 2.67. The zero-order valence-corrected chi connectivity index (χ0v) is 11.9. The Morgan fingerprint density at radius 1 is 1.60 bits per heavy atom. The van der Waals surface area contributed by atoms with Crippen molar-refractivity contribution in [2.75, 3.05) is 5.32 Å². The predicted octanol–water partition coefficient (Wildman–Crippen LogP) is 3.75. The number of halogens is 1. The minimum absolute atomic E-state index is 0.131. The van der Waals surface area contributed by atoms with Gasteiger partial charge in [0.1, 0.15) is 6.07 Å². The Morgan fingerprint density at radius 2 is 2.35 bits per heavy atom. The van der Waals surface area contributed by atoms with E-state index in [2.05, 4.69) is 10.3 Å². The van der Waals surface area contributed by atoms with Crippen molar-refractivity contribution in [3.8, 4) is 6.07 Å². The molecule has 2 aromatic heterocycles. The first-order chi connectivity index (χ1) is 9.51. The normalized spacial score (nSPS) is 11.7. The van der Waals surface area contributed by atoms with Gasteiger partial charge in [0.05, 0.1) is 20.9 Å². The number of nitro groups is 1. The molecule has 6 nitrogen and oxygen atoms in total. The molecule has 1 N–H and O–H groups in total. The molecule has 0 saturated carbocycles. The molecule has 20 heavy (non-hydrogen) atoms. The zero-order chi connectivity index (χ0) is 14.7. The molecule has 2 heterocycles. The quantitative estimate of drug-likeness (QED) is 0.686. The van der Waals surface area contributed by atoms with Gasteiger partial charge in [-0.2, -0.15) is 5.26 Å². The van der Waals surface area contributed by atoms with Gasteiger partial charge in [0.2, 0.25) is 5.82 Å². The number of anilines is 1. The van der Waals surface area contributed by atoms with Gasteiger partial charge in [-0.1, -0.05) is 11.6 Å². The van der Waals surface area contributed by atoms with E-state index >= 15 is 0 Å². The first kappa shape index (κ1) is 14.2. The van der Waals surface area contributed by atoms with Gasteiger partial charge in [0.15, 0.2) is 0 Å². The largest absolute Gasteiger partial charge is 0.357 e. The monoisotopic (exact) mass is 308 g/mol. The second-order valence-corrected chi connectivity index (χ2v) is 5.72. The molecule has 0 spiro atoms. The van der Waals surface area contributed by atoms with Gasteiger partial charge in [-0.15, -0.1) is 11.3 Å². The van der Waals surface area contributed by atoms with Crippen molar-refractivity contribution in [2.24, 2.45) is 0 Å². The van der Waals surface area contributed by atoms with Crippen LogP contribution in [0.4, 0.5) is 11.5 Å². The summed E-state index contributed by atoms with van der Waals surface area (Å²) in [6.07, 6.45) is 1.30. The third-order valence-electron chi connectivity index (χ3n) is 2.57. The summed E-state index contributed by atoms with van der Waals surface area (Å²) in [5.41, 5.74) is -0.0763. The lowest BCUT2D eigenvalue weighted by Gasteiger charge is -2.12. The minimum Gasteiger partial charge on any atom is -0.357 e. The van der Waals surface area contributed by atoms with Crippen LogP contribution in [0, 0.1) is 21.4 Å². The van der Waals surface area contributed by atoms with Crippen LogP contribution in [0.15, 0.2) is 24.4 Å². The minimum atomic E-state index is -0.565. The van der Waals surface area contributed by atoms with Crippen LogP contribution in [0.3, 0.4) is 0 Å². The first-order valence-electron chi connectivity index (χ1n) is 5.57. The van der Waals surface area contributed by atoms with Crippen molar-refractivity contribution < 1.29 is 4.92 Å². The Kier molecular flexibility index (Phi) is 4.17. The van der Waals surface area contributed by atoms with Crippen molar-refractivity contribution in [1.29, 1.82) is 5.26 Å². The van der Waals surface area contributed by atoms with Crippen molar-refractivity contribution >= 4 is 34.4 Å². The maximum Gasteiger partial charge on any atom is 0.312 e. The Hall–Kier alpha value is -2.17. The molecule has 0 aliphatic heterocycles. The van der Waals surface area contributed by atoms with E-state index < -0.39 is 4.92 Å². The number of rotatable bonds is 4. The highest BCUT2D eigenvalue weighted by molar-refractivity contribution is 7.16. The Bertz CT molecular complexity index is 695. The second kappa shape index (κ2) is 5.86. The molecule has 1 atom stereocenters. The highest BCUT2D eigenvalue weighted by atomic mass is 35.5. The Morgan fingerprint density at radius 3 is 2.90 bits per heavy atom. The van der Waals surface area contributed by atoms with Gasteiger partial charge < -0.3 is 5.32 Å². The van der Waals surface area contributed by atoms with Crippen molar-refractivity contribution in [1.82, 2.24) is 4.98 Å². The van der Waals surface area contributed by atoms with Gasteiger partial charge in [-0.3, -0.25) is 10.1 Å². The number of aromatic nitrogens is 1. The lowest BCUT2D eigenvalue weighted by Crippen LogP contribution is -2.08. The first-order valence-corrected chi connectivity index (χ1v) is 6.77. The molecule has 102 valence electrons. The van der Waals surface area contributed by atoms with E-state index in [4.69, 9.17) is 16.9 Å². The zero-order valence-electron chi connectivity index (χ0n) is 10.3. The lowest BCUT2D eigenvalue weighted by molar-refractivity contribution is -0.384. The van der Waals surface area contributed by atoms with Crippen molar-refractivity contribution in [3.63, 3.8) is 0 Å². The van der Waals surface area contributed by atoms with Gasteiger partial charge in [-0.05, 0) is 19.1 Å². The molecule has 2 aromatic rings. The molecule has 8 heteroatoms. The number of hydrogen-bond acceptors (Lipinski definition) is 6. The van der Waals surface area contributed by atoms with Crippen LogP contribution in [-0.4, -0.2) is 9.91 Å². The molecular formula is C12H9ClN4O2S.